The summed E-state index contributed by atoms with van der Waals surface area (Å²) >= 11 is 0. The van der Waals surface area contributed by atoms with E-state index in [1.165, 1.54) is 0 Å². The molecule has 7 nitrogen and oxygen atoms in total. The minimum absolute atomic E-state index is 0.203. The van der Waals surface area contributed by atoms with Gasteiger partial charge >= 0.3 is 5.69 Å². The maximum absolute atomic E-state index is 12.1. The van der Waals surface area contributed by atoms with E-state index in [9.17, 15) is 19.5 Å². The molecule has 0 aliphatic heterocycles. The van der Waals surface area contributed by atoms with Crippen LogP contribution in [0.15, 0.2) is 40.1 Å². The van der Waals surface area contributed by atoms with E-state index in [4.69, 9.17) is 0 Å². The van der Waals surface area contributed by atoms with Crippen molar-refractivity contribution >= 4 is 5.91 Å². The minimum atomic E-state index is -0.767. The van der Waals surface area contributed by atoms with Crippen LogP contribution in [0, 0.1) is 0 Å². The fourth-order valence-electron chi connectivity index (χ4n) is 2.55. The first-order valence-corrected chi connectivity index (χ1v) is 6.45. The van der Waals surface area contributed by atoms with Gasteiger partial charge in [0.2, 0.25) is 0 Å². The number of carbonyl (C=O) groups excluding carboxylic acids is 1. The summed E-state index contributed by atoms with van der Waals surface area (Å²) in [7, 11) is 0. The first-order chi connectivity index (χ1) is 10.1. The molecule has 1 aromatic heterocycles. The fourth-order valence-corrected chi connectivity index (χ4v) is 2.55. The number of benzene rings is 1. The summed E-state index contributed by atoms with van der Waals surface area (Å²) in [6.07, 6.45) is 0.764. The lowest BCUT2D eigenvalue weighted by molar-refractivity contribution is 0.0856. The van der Waals surface area contributed by atoms with Crippen LogP contribution >= 0.6 is 0 Å². The van der Waals surface area contributed by atoms with E-state index < -0.39 is 29.3 Å². The number of aromatic nitrogens is 2. The third kappa shape index (κ3) is 2.38. The number of aliphatic hydroxyl groups is 1. The number of H-pyrrole nitrogens is 2. The van der Waals surface area contributed by atoms with Crippen molar-refractivity contribution in [1.82, 2.24) is 15.3 Å². The summed E-state index contributed by atoms with van der Waals surface area (Å²) in [5, 5.41) is 12.7. The van der Waals surface area contributed by atoms with Crippen molar-refractivity contribution < 1.29 is 9.90 Å². The SMILES string of the molecule is O=C(N[C@@H]1c2ccccc2C[C@@H]1O)c1c[nH]c(=O)[nH]c1=O. The molecule has 108 valence electrons. The van der Waals surface area contributed by atoms with Gasteiger partial charge in [-0.2, -0.15) is 0 Å². The average molecular weight is 287 g/mol. The predicted octanol–water partition coefficient (Wildman–Crippen LogP) is -0.549. The van der Waals surface area contributed by atoms with Gasteiger partial charge in [-0.15, -0.1) is 0 Å². The zero-order valence-electron chi connectivity index (χ0n) is 10.9. The van der Waals surface area contributed by atoms with Gasteiger partial charge < -0.3 is 15.4 Å². The number of hydrogen-bond acceptors (Lipinski definition) is 4. The molecular weight excluding hydrogens is 274 g/mol. The molecule has 0 saturated heterocycles. The molecular formula is C14H13N3O4. The molecule has 1 aliphatic carbocycles. The van der Waals surface area contributed by atoms with E-state index in [0.717, 1.165) is 17.3 Å². The highest BCUT2D eigenvalue weighted by molar-refractivity contribution is 5.93. The first kappa shape index (κ1) is 13.3. The lowest BCUT2D eigenvalue weighted by atomic mass is 10.1. The predicted molar refractivity (Wildman–Crippen MR) is 74.0 cm³/mol. The zero-order valence-corrected chi connectivity index (χ0v) is 10.9. The third-order valence-electron chi connectivity index (χ3n) is 3.55. The Morgan fingerprint density at radius 3 is 2.81 bits per heavy atom. The molecule has 2 aromatic rings. The van der Waals surface area contributed by atoms with Crippen LogP contribution in [-0.4, -0.2) is 27.1 Å². The molecule has 0 spiro atoms. The van der Waals surface area contributed by atoms with Crippen LogP contribution in [0.4, 0.5) is 0 Å². The van der Waals surface area contributed by atoms with E-state index in [1.807, 2.05) is 29.2 Å². The Balaban J connectivity index is 1.88. The molecule has 1 heterocycles. The topological polar surface area (TPSA) is 115 Å². The number of hydrogen-bond donors (Lipinski definition) is 4. The van der Waals surface area contributed by atoms with Gasteiger partial charge in [-0.25, -0.2) is 4.79 Å². The number of nitrogens with one attached hydrogen (secondary N) is 3. The molecule has 0 bridgehead atoms. The van der Waals surface area contributed by atoms with Crippen molar-refractivity contribution in [2.75, 3.05) is 0 Å². The standard InChI is InChI=1S/C14H13N3O4/c18-10-5-7-3-1-2-4-8(7)11(10)16-12(19)9-6-15-14(21)17-13(9)20/h1-4,6,10-11,18H,5H2,(H,16,19)(H2,15,17,20,21)/t10-,11+/m0/s1. The van der Waals surface area contributed by atoms with Crippen LogP contribution in [0.5, 0.6) is 0 Å². The molecule has 7 heteroatoms. The molecule has 1 aromatic carbocycles. The van der Waals surface area contributed by atoms with Crippen LogP contribution in [0.25, 0.3) is 0 Å². The van der Waals surface area contributed by atoms with Gasteiger partial charge in [-0.3, -0.25) is 14.6 Å². The smallest absolute Gasteiger partial charge is 0.325 e. The second-order valence-corrected chi connectivity index (χ2v) is 4.91. The van der Waals surface area contributed by atoms with Crippen molar-refractivity contribution in [2.45, 2.75) is 18.6 Å². The number of rotatable bonds is 2. The maximum Gasteiger partial charge on any atom is 0.325 e. The van der Waals surface area contributed by atoms with Gasteiger partial charge in [0.25, 0.3) is 11.5 Å². The maximum atomic E-state index is 12.1. The summed E-state index contributed by atoms with van der Waals surface area (Å²) in [5.41, 5.74) is 0.149. The summed E-state index contributed by atoms with van der Waals surface area (Å²) in [6.45, 7) is 0. The number of aliphatic hydroxyl groups excluding tert-OH is 1. The number of amides is 1. The lowest BCUT2D eigenvalue weighted by Crippen LogP contribution is -2.38. The zero-order chi connectivity index (χ0) is 15.0. The van der Waals surface area contributed by atoms with E-state index in [1.54, 1.807) is 0 Å². The molecule has 3 rings (SSSR count). The molecule has 2 atom stereocenters. The monoisotopic (exact) mass is 287 g/mol. The summed E-state index contributed by atoms with van der Waals surface area (Å²) in [6, 6.07) is 6.83. The largest absolute Gasteiger partial charge is 0.390 e. The van der Waals surface area contributed by atoms with Gasteiger partial charge in [0.15, 0.2) is 0 Å². The molecule has 0 saturated carbocycles. The molecule has 0 unspecified atom stereocenters. The van der Waals surface area contributed by atoms with Crippen LogP contribution in [-0.2, 0) is 6.42 Å². The Hall–Kier alpha value is -2.67. The Morgan fingerprint density at radius 2 is 2.05 bits per heavy atom. The van der Waals surface area contributed by atoms with Gasteiger partial charge in [0.1, 0.15) is 5.56 Å². The molecule has 1 aliphatic rings. The summed E-state index contributed by atoms with van der Waals surface area (Å²) < 4.78 is 0. The first-order valence-electron chi connectivity index (χ1n) is 6.45. The average Bonchev–Trinajstić information content (AvgIpc) is 2.75. The Bertz CT molecular complexity index is 808. The van der Waals surface area contributed by atoms with Gasteiger partial charge in [0.05, 0.1) is 12.1 Å². The van der Waals surface area contributed by atoms with Crippen LogP contribution in [0.1, 0.15) is 27.5 Å². The van der Waals surface area contributed by atoms with Crippen molar-refractivity contribution in [3.8, 4) is 0 Å². The second kappa shape index (κ2) is 5.02. The molecule has 1 amide bonds. The van der Waals surface area contributed by atoms with Crippen LogP contribution in [0.3, 0.4) is 0 Å². The second-order valence-electron chi connectivity index (χ2n) is 4.91. The normalized spacial score (nSPS) is 20.0. The van der Waals surface area contributed by atoms with Gasteiger partial charge in [0, 0.05) is 12.6 Å². The Kier molecular flexibility index (Phi) is 3.19. The minimum Gasteiger partial charge on any atom is -0.390 e. The molecule has 0 radical (unpaired) electrons. The van der Waals surface area contributed by atoms with E-state index in [2.05, 4.69) is 10.3 Å². The molecule has 21 heavy (non-hydrogen) atoms. The highest BCUT2D eigenvalue weighted by Gasteiger charge is 2.32. The Labute approximate surface area is 118 Å². The quantitative estimate of drug-likeness (QED) is 0.593. The van der Waals surface area contributed by atoms with Crippen molar-refractivity contribution in [2.24, 2.45) is 0 Å². The number of carbonyl (C=O) groups is 1. The Morgan fingerprint density at radius 1 is 1.29 bits per heavy atom. The molecule has 0 fully saturated rings. The van der Waals surface area contributed by atoms with Crippen molar-refractivity contribution in [3.63, 3.8) is 0 Å². The van der Waals surface area contributed by atoms with Crippen molar-refractivity contribution in [1.29, 1.82) is 0 Å². The van der Waals surface area contributed by atoms with E-state index in [0.29, 0.717) is 6.42 Å². The summed E-state index contributed by atoms with van der Waals surface area (Å²) in [4.78, 5) is 38.9. The lowest BCUT2D eigenvalue weighted by Gasteiger charge is -2.17. The van der Waals surface area contributed by atoms with Gasteiger partial charge in [-0.05, 0) is 11.1 Å². The highest BCUT2D eigenvalue weighted by Crippen LogP contribution is 2.31. The van der Waals surface area contributed by atoms with Crippen LogP contribution in [0.2, 0.25) is 0 Å². The van der Waals surface area contributed by atoms with Crippen LogP contribution < -0.4 is 16.6 Å². The fraction of sp³-hybridized carbons (Fsp3) is 0.214. The van der Waals surface area contributed by atoms with Crippen molar-refractivity contribution in [3.05, 3.63) is 68.0 Å². The van der Waals surface area contributed by atoms with E-state index in [-0.39, 0.29) is 5.56 Å². The van der Waals surface area contributed by atoms with Gasteiger partial charge in [-0.1, -0.05) is 24.3 Å². The highest BCUT2D eigenvalue weighted by atomic mass is 16.3. The van der Waals surface area contributed by atoms with E-state index >= 15 is 0 Å². The number of fused-ring (bicyclic) bond motifs is 1. The molecule has 4 N–H and O–H groups in total. The third-order valence-corrected chi connectivity index (χ3v) is 3.55. The number of aromatic amines is 2. The summed E-state index contributed by atoms with van der Waals surface area (Å²) in [5.74, 6) is -0.645.